The average Bonchev–Trinajstić information content (AvgIpc) is 2.90. The Kier molecular flexibility index (Phi) is 2.70. The zero-order valence-corrected chi connectivity index (χ0v) is 11.5. The molecule has 102 valence electrons. The molecule has 0 fully saturated rings. The zero-order valence-electron chi connectivity index (χ0n) is 11.5. The average molecular weight is 261 g/mol. The second kappa shape index (κ2) is 4.16. The number of aromatic nitrogens is 5. The minimum atomic E-state index is -0.371. The van der Waals surface area contributed by atoms with E-state index >= 15 is 0 Å². The van der Waals surface area contributed by atoms with Crippen molar-refractivity contribution in [2.45, 2.75) is 46.3 Å². The number of aryl methyl sites for hydroxylation is 1. The number of fused-ring (bicyclic) bond motifs is 1. The van der Waals surface area contributed by atoms with Gasteiger partial charge in [-0.25, -0.2) is 0 Å². The number of aromatic amines is 1. The van der Waals surface area contributed by atoms with E-state index in [-0.39, 0.29) is 11.5 Å². The lowest BCUT2D eigenvalue weighted by Gasteiger charge is -2.33. The van der Waals surface area contributed by atoms with E-state index in [1.54, 1.807) is 0 Å². The molecule has 6 heteroatoms. The third kappa shape index (κ3) is 2.16. The normalized spacial score (nSPS) is 21.4. The quantitative estimate of drug-likeness (QED) is 0.855. The minimum Gasteiger partial charge on any atom is -0.388 e. The van der Waals surface area contributed by atoms with Gasteiger partial charge in [0, 0.05) is 17.0 Å². The Bertz CT molecular complexity index is 584. The highest BCUT2D eigenvalue weighted by Gasteiger charge is 2.34. The Hall–Kier alpha value is -1.69. The van der Waals surface area contributed by atoms with Gasteiger partial charge in [-0.1, -0.05) is 19.1 Å². The summed E-state index contributed by atoms with van der Waals surface area (Å²) in [6.45, 7) is 7.04. The fourth-order valence-electron chi connectivity index (χ4n) is 3.01. The highest BCUT2D eigenvalue weighted by atomic mass is 16.3. The largest absolute Gasteiger partial charge is 0.388 e. The molecule has 3 rings (SSSR count). The van der Waals surface area contributed by atoms with Crippen LogP contribution in [0.1, 0.15) is 49.1 Å². The number of rotatable bonds is 2. The summed E-state index contributed by atoms with van der Waals surface area (Å²) in [5.41, 5.74) is 3.50. The van der Waals surface area contributed by atoms with Crippen molar-refractivity contribution in [3.05, 3.63) is 28.8 Å². The van der Waals surface area contributed by atoms with Gasteiger partial charge in [0.1, 0.15) is 0 Å². The van der Waals surface area contributed by atoms with Crippen LogP contribution >= 0.6 is 0 Å². The van der Waals surface area contributed by atoms with Crippen LogP contribution in [0.15, 0.2) is 6.07 Å². The molecule has 19 heavy (non-hydrogen) atoms. The van der Waals surface area contributed by atoms with Crippen LogP contribution in [0.2, 0.25) is 0 Å². The molecular weight excluding hydrogens is 242 g/mol. The molecule has 2 heterocycles. The van der Waals surface area contributed by atoms with Crippen LogP contribution in [-0.4, -0.2) is 30.3 Å². The van der Waals surface area contributed by atoms with Crippen LogP contribution in [-0.2, 0) is 13.0 Å². The Morgan fingerprint density at radius 3 is 3.00 bits per heavy atom. The second-order valence-electron chi connectivity index (χ2n) is 6.16. The van der Waals surface area contributed by atoms with Gasteiger partial charge < -0.3 is 9.67 Å². The number of aliphatic hydroxyl groups excluding tert-OH is 1. The summed E-state index contributed by atoms with van der Waals surface area (Å²) in [6.07, 6.45) is 1.40. The molecule has 0 amide bonds. The monoisotopic (exact) mass is 261 g/mol. The van der Waals surface area contributed by atoms with E-state index < -0.39 is 0 Å². The topological polar surface area (TPSA) is 79.6 Å². The summed E-state index contributed by atoms with van der Waals surface area (Å²) in [4.78, 5) is 0. The molecule has 1 aliphatic carbocycles. The summed E-state index contributed by atoms with van der Waals surface area (Å²) in [6, 6.07) is 2.08. The van der Waals surface area contributed by atoms with Crippen molar-refractivity contribution < 1.29 is 5.11 Å². The summed E-state index contributed by atoms with van der Waals surface area (Å²) < 4.78 is 2.18. The van der Waals surface area contributed by atoms with Crippen LogP contribution in [0.5, 0.6) is 0 Å². The molecule has 1 unspecified atom stereocenters. The van der Waals surface area contributed by atoms with E-state index in [0.29, 0.717) is 12.4 Å². The number of H-pyrrole nitrogens is 1. The van der Waals surface area contributed by atoms with E-state index in [1.165, 1.54) is 5.69 Å². The molecule has 0 saturated heterocycles. The van der Waals surface area contributed by atoms with E-state index in [9.17, 15) is 5.11 Å². The first-order chi connectivity index (χ1) is 8.96. The van der Waals surface area contributed by atoms with Gasteiger partial charge in [0.15, 0.2) is 5.82 Å². The van der Waals surface area contributed by atoms with Crippen LogP contribution in [0.4, 0.5) is 0 Å². The Morgan fingerprint density at radius 1 is 1.53 bits per heavy atom. The van der Waals surface area contributed by atoms with Crippen molar-refractivity contribution in [2.75, 3.05) is 0 Å². The maximum Gasteiger partial charge on any atom is 0.194 e. The van der Waals surface area contributed by atoms with Crippen LogP contribution in [0.3, 0.4) is 0 Å². The number of nitrogens with zero attached hydrogens (tertiary/aromatic N) is 4. The van der Waals surface area contributed by atoms with Crippen molar-refractivity contribution in [2.24, 2.45) is 5.41 Å². The van der Waals surface area contributed by atoms with Crippen molar-refractivity contribution in [1.82, 2.24) is 25.2 Å². The van der Waals surface area contributed by atoms with Crippen LogP contribution in [0.25, 0.3) is 0 Å². The molecule has 2 aromatic rings. The third-order valence-electron chi connectivity index (χ3n) is 3.89. The van der Waals surface area contributed by atoms with Crippen molar-refractivity contribution in [3.63, 3.8) is 0 Å². The lowest BCUT2D eigenvalue weighted by atomic mass is 9.75. The molecule has 2 N–H and O–H groups in total. The second-order valence-corrected chi connectivity index (χ2v) is 6.16. The van der Waals surface area contributed by atoms with Crippen LogP contribution in [0, 0.1) is 12.3 Å². The Morgan fingerprint density at radius 2 is 2.32 bits per heavy atom. The van der Waals surface area contributed by atoms with E-state index in [1.807, 2.05) is 0 Å². The lowest BCUT2D eigenvalue weighted by Crippen LogP contribution is -2.27. The summed E-state index contributed by atoms with van der Waals surface area (Å²) in [5.74, 6) is 0.666. The van der Waals surface area contributed by atoms with Gasteiger partial charge in [-0.2, -0.15) is 5.21 Å². The van der Waals surface area contributed by atoms with Gasteiger partial charge in [0.25, 0.3) is 0 Å². The molecule has 1 aliphatic rings. The zero-order chi connectivity index (χ0) is 13.6. The fraction of sp³-hybridized carbons (Fsp3) is 0.615. The number of aliphatic hydroxyl groups is 1. The molecule has 0 spiro atoms. The summed E-state index contributed by atoms with van der Waals surface area (Å²) in [7, 11) is 0. The highest BCUT2D eigenvalue weighted by Crippen LogP contribution is 2.41. The van der Waals surface area contributed by atoms with Gasteiger partial charge in [-0.3, -0.25) is 0 Å². The fourth-order valence-corrected chi connectivity index (χ4v) is 3.01. The van der Waals surface area contributed by atoms with Crippen molar-refractivity contribution in [1.29, 1.82) is 0 Å². The standard InChI is InChI=1S/C13H19N5O/c1-8-4-9-10(5-13(2,3)6-11(9)19)18(8)7-12-14-16-17-15-12/h4,11,19H,5-7H2,1-3H3,(H,14,15,16,17). The van der Waals surface area contributed by atoms with Crippen molar-refractivity contribution >= 4 is 0 Å². The van der Waals surface area contributed by atoms with Crippen molar-refractivity contribution in [3.8, 4) is 0 Å². The first kappa shape index (κ1) is 12.3. The molecule has 0 bridgehead atoms. The predicted octanol–water partition coefficient (Wildman–Crippen LogP) is 1.36. The molecule has 0 aromatic carbocycles. The Balaban J connectivity index is 2.02. The SMILES string of the molecule is Cc1cc2c(n1Cc1nn[nH]n1)CC(C)(C)CC2O. The number of nitrogens with one attached hydrogen (secondary N) is 1. The smallest absolute Gasteiger partial charge is 0.194 e. The summed E-state index contributed by atoms with van der Waals surface area (Å²) in [5, 5.41) is 24.4. The maximum absolute atomic E-state index is 10.3. The first-order valence-electron chi connectivity index (χ1n) is 6.55. The molecule has 0 saturated carbocycles. The van der Waals surface area contributed by atoms with E-state index in [0.717, 1.165) is 24.1 Å². The lowest BCUT2D eigenvalue weighted by molar-refractivity contribution is 0.0980. The molecule has 0 aliphatic heterocycles. The molecule has 2 aromatic heterocycles. The van der Waals surface area contributed by atoms with Gasteiger partial charge in [-0.05, 0) is 31.2 Å². The number of tetrazole rings is 1. The number of hydrogen-bond donors (Lipinski definition) is 2. The summed E-state index contributed by atoms with van der Waals surface area (Å²) >= 11 is 0. The predicted molar refractivity (Wildman–Crippen MR) is 69.5 cm³/mol. The molecule has 6 nitrogen and oxygen atoms in total. The molecular formula is C13H19N5O. The van der Waals surface area contributed by atoms with Gasteiger partial charge in [-0.15, -0.1) is 10.2 Å². The van der Waals surface area contributed by atoms with Crippen LogP contribution < -0.4 is 0 Å². The van der Waals surface area contributed by atoms with Gasteiger partial charge in [0.05, 0.1) is 12.6 Å². The van der Waals surface area contributed by atoms with Gasteiger partial charge in [0.2, 0.25) is 0 Å². The Labute approximate surface area is 111 Å². The third-order valence-corrected chi connectivity index (χ3v) is 3.89. The number of hydrogen-bond acceptors (Lipinski definition) is 4. The minimum absolute atomic E-state index is 0.117. The highest BCUT2D eigenvalue weighted by molar-refractivity contribution is 5.33. The van der Waals surface area contributed by atoms with E-state index in [4.69, 9.17) is 0 Å². The molecule has 0 radical (unpaired) electrons. The van der Waals surface area contributed by atoms with Gasteiger partial charge >= 0.3 is 0 Å². The maximum atomic E-state index is 10.3. The molecule has 1 atom stereocenters. The first-order valence-corrected chi connectivity index (χ1v) is 6.55. The van der Waals surface area contributed by atoms with E-state index in [2.05, 4.69) is 52.0 Å².